The van der Waals surface area contributed by atoms with Crippen LogP contribution in [0, 0.1) is 0 Å². The molecular formula is C16H14ClN5O2. The lowest BCUT2D eigenvalue weighted by Crippen LogP contribution is -2.31. The topological polar surface area (TPSA) is 99.8 Å². The van der Waals surface area contributed by atoms with Gasteiger partial charge in [-0.2, -0.15) is 0 Å². The standard InChI is InChI=1S/C16H14ClN5O2/c1-9(23)18-8-15(24)20-11-3-5-12-14(6-11)22-16(21-12)13-4-2-10(17)7-19-13/h2-7H,8H2,1H3,(H,18,23)(H,20,24)(H,21,22). The molecule has 3 aromatic rings. The monoisotopic (exact) mass is 343 g/mol. The molecule has 0 atom stereocenters. The fourth-order valence-corrected chi connectivity index (χ4v) is 2.25. The number of fused-ring (bicyclic) bond motifs is 1. The number of aromatic amines is 1. The molecule has 24 heavy (non-hydrogen) atoms. The number of aromatic nitrogens is 3. The molecule has 7 nitrogen and oxygen atoms in total. The fourth-order valence-electron chi connectivity index (χ4n) is 2.13. The van der Waals surface area contributed by atoms with Gasteiger partial charge in [-0.1, -0.05) is 11.6 Å². The molecule has 0 aliphatic carbocycles. The van der Waals surface area contributed by atoms with E-state index in [1.54, 1.807) is 36.5 Å². The summed E-state index contributed by atoms with van der Waals surface area (Å²) in [6.45, 7) is 1.28. The number of carbonyl (C=O) groups excluding carboxylic acids is 2. The van der Waals surface area contributed by atoms with E-state index in [1.165, 1.54) is 6.92 Å². The Bertz CT molecular complexity index is 904. The molecule has 0 aliphatic heterocycles. The zero-order valence-corrected chi connectivity index (χ0v) is 13.5. The predicted octanol–water partition coefficient (Wildman–Crippen LogP) is 2.35. The maximum absolute atomic E-state index is 11.7. The number of rotatable bonds is 4. The Morgan fingerprint density at radius 2 is 2.08 bits per heavy atom. The first-order chi connectivity index (χ1) is 11.5. The Kier molecular flexibility index (Phi) is 4.43. The van der Waals surface area contributed by atoms with Crippen molar-refractivity contribution >= 4 is 40.1 Å². The van der Waals surface area contributed by atoms with Gasteiger partial charge in [0.05, 0.1) is 22.6 Å². The van der Waals surface area contributed by atoms with E-state index in [1.807, 2.05) is 0 Å². The van der Waals surface area contributed by atoms with E-state index in [0.717, 1.165) is 11.0 Å². The number of pyridine rings is 1. The van der Waals surface area contributed by atoms with E-state index in [0.29, 0.717) is 22.2 Å². The molecule has 0 unspecified atom stereocenters. The molecule has 2 heterocycles. The summed E-state index contributed by atoms with van der Waals surface area (Å²) < 4.78 is 0. The number of amides is 2. The first kappa shape index (κ1) is 15.9. The largest absolute Gasteiger partial charge is 0.347 e. The lowest BCUT2D eigenvalue weighted by atomic mass is 10.2. The van der Waals surface area contributed by atoms with Crippen LogP contribution >= 0.6 is 11.6 Å². The van der Waals surface area contributed by atoms with Gasteiger partial charge in [-0.3, -0.25) is 14.6 Å². The van der Waals surface area contributed by atoms with Crippen molar-refractivity contribution in [2.24, 2.45) is 0 Å². The number of halogens is 1. The first-order valence-corrected chi connectivity index (χ1v) is 7.55. The smallest absolute Gasteiger partial charge is 0.243 e. The van der Waals surface area contributed by atoms with Gasteiger partial charge < -0.3 is 15.6 Å². The molecule has 0 radical (unpaired) electrons. The van der Waals surface area contributed by atoms with Crippen LogP contribution < -0.4 is 10.6 Å². The maximum atomic E-state index is 11.7. The maximum Gasteiger partial charge on any atom is 0.243 e. The molecule has 0 saturated heterocycles. The number of carbonyl (C=O) groups is 2. The van der Waals surface area contributed by atoms with Crippen molar-refractivity contribution in [3.8, 4) is 11.5 Å². The minimum atomic E-state index is -0.302. The van der Waals surface area contributed by atoms with Gasteiger partial charge in [-0.15, -0.1) is 0 Å². The van der Waals surface area contributed by atoms with Crippen molar-refractivity contribution < 1.29 is 9.59 Å². The highest BCUT2D eigenvalue weighted by Gasteiger charge is 2.09. The SMILES string of the molecule is CC(=O)NCC(=O)Nc1ccc2nc(-c3ccc(Cl)cn3)[nH]c2c1. The predicted molar refractivity (Wildman–Crippen MR) is 91.6 cm³/mol. The molecule has 3 N–H and O–H groups in total. The molecular weight excluding hydrogens is 330 g/mol. The molecule has 122 valence electrons. The Morgan fingerprint density at radius 3 is 2.79 bits per heavy atom. The van der Waals surface area contributed by atoms with Crippen molar-refractivity contribution in [1.82, 2.24) is 20.3 Å². The molecule has 1 aromatic carbocycles. The van der Waals surface area contributed by atoms with Crippen molar-refractivity contribution in [3.63, 3.8) is 0 Å². The molecule has 2 amide bonds. The van der Waals surface area contributed by atoms with Gasteiger partial charge in [0.25, 0.3) is 0 Å². The molecule has 0 bridgehead atoms. The number of H-pyrrole nitrogens is 1. The summed E-state index contributed by atoms with van der Waals surface area (Å²) in [5.74, 6) is 0.0568. The molecule has 8 heteroatoms. The van der Waals surface area contributed by atoms with Crippen LogP contribution in [0.1, 0.15) is 6.92 Å². The van der Waals surface area contributed by atoms with Crippen molar-refractivity contribution in [3.05, 3.63) is 41.6 Å². The third kappa shape index (κ3) is 3.69. The van der Waals surface area contributed by atoms with Crippen LogP contribution in [-0.4, -0.2) is 33.3 Å². The second kappa shape index (κ2) is 6.67. The van der Waals surface area contributed by atoms with Crippen LogP contribution in [0.25, 0.3) is 22.6 Å². The minimum absolute atomic E-state index is 0.0731. The van der Waals surface area contributed by atoms with Gasteiger partial charge in [-0.25, -0.2) is 4.98 Å². The van der Waals surface area contributed by atoms with E-state index < -0.39 is 0 Å². The lowest BCUT2D eigenvalue weighted by Gasteiger charge is -2.05. The normalized spacial score (nSPS) is 10.6. The van der Waals surface area contributed by atoms with Crippen molar-refractivity contribution in [2.75, 3.05) is 11.9 Å². The van der Waals surface area contributed by atoms with Gasteiger partial charge in [0, 0.05) is 18.8 Å². The van der Waals surface area contributed by atoms with E-state index >= 15 is 0 Å². The van der Waals surface area contributed by atoms with Gasteiger partial charge in [-0.05, 0) is 30.3 Å². The second-order valence-corrected chi connectivity index (χ2v) is 5.57. The number of anilines is 1. The number of imidazole rings is 1. The Morgan fingerprint density at radius 1 is 1.25 bits per heavy atom. The van der Waals surface area contributed by atoms with Crippen molar-refractivity contribution in [1.29, 1.82) is 0 Å². The highest BCUT2D eigenvalue weighted by atomic mass is 35.5. The number of hydrogen-bond acceptors (Lipinski definition) is 4. The number of hydrogen-bond donors (Lipinski definition) is 3. The zero-order chi connectivity index (χ0) is 17.1. The van der Waals surface area contributed by atoms with Gasteiger partial charge >= 0.3 is 0 Å². The third-order valence-electron chi connectivity index (χ3n) is 3.23. The molecule has 2 aromatic heterocycles. The van der Waals surface area contributed by atoms with Gasteiger partial charge in [0.1, 0.15) is 5.69 Å². The van der Waals surface area contributed by atoms with Crippen LogP contribution in [0.3, 0.4) is 0 Å². The van der Waals surface area contributed by atoms with Crippen LogP contribution in [-0.2, 0) is 9.59 Å². The highest BCUT2D eigenvalue weighted by Crippen LogP contribution is 2.22. The molecule has 0 fully saturated rings. The minimum Gasteiger partial charge on any atom is -0.347 e. The second-order valence-electron chi connectivity index (χ2n) is 5.14. The van der Waals surface area contributed by atoms with Crippen LogP contribution in [0.4, 0.5) is 5.69 Å². The van der Waals surface area contributed by atoms with Crippen LogP contribution in [0.15, 0.2) is 36.5 Å². The van der Waals surface area contributed by atoms with Gasteiger partial charge in [0.15, 0.2) is 5.82 Å². The van der Waals surface area contributed by atoms with E-state index in [9.17, 15) is 9.59 Å². The Balaban J connectivity index is 1.80. The van der Waals surface area contributed by atoms with Crippen LogP contribution in [0.5, 0.6) is 0 Å². The quantitative estimate of drug-likeness (QED) is 0.677. The molecule has 0 spiro atoms. The zero-order valence-electron chi connectivity index (χ0n) is 12.8. The Hall–Kier alpha value is -2.93. The highest BCUT2D eigenvalue weighted by molar-refractivity contribution is 6.30. The summed E-state index contributed by atoms with van der Waals surface area (Å²) in [5, 5.41) is 5.71. The average Bonchev–Trinajstić information content (AvgIpc) is 2.97. The Labute approximate surface area is 142 Å². The number of nitrogens with one attached hydrogen (secondary N) is 3. The summed E-state index contributed by atoms with van der Waals surface area (Å²) in [5.41, 5.74) is 2.80. The summed E-state index contributed by atoms with van der Waals surface area (Å²) in [4.78, 5) is 34.4. The molecule has 0 saturated carbocycles. The average molecular weight is 344 g/mol. The third-order valence-corrected chi connectivity index (χ3v) is 3.46. The number of benzene rings is 1. The lowest BCUT2D eigenvalue weighted by molar-refractivity contribution is -0.122. The molecule has 3 rings (SSSR count). The summed E-state index contributed by atoms with van der Waals surface area (Å²) in [6.07, 6.45) is 1.55. The van der Waals surface area contributed by atoms with Crippen LogP contribution in [0.2, 0.25) is 5.02 Å². The summed E-state index contributed by atoms with van der Waals surface area (Å²) in [7, 11) is 0. The summed E-state index contributed by atoms with van der Waals surface area (Å²) in [6, 6.07) is 8.82. The van der Waals surface area contributed by atoms with Gasteiger partial charge in [0.2, 0.25) is 11.8 Å². The summed E-state index contributed by atoms with van der Waals surface area (Å²) >= 11 is 5.83. The van der Waals surface area contributed by atoms with E-state index in [2.05, 4.69) is 25.6 Å². The van der Waals surface area contributed by atoms with E-state index in [-0.39, 0.29) is 18.4 Å². The molecule has 0 aliphatic rings. The van der Waals surface area contributed by atoms with Crippen molar-refractivity contribution in [2.45, 2.75) is 6.92 Å². The first-order valence-electron chi connectivity index (χ1n) is 7.17. The van der Waals surface area contributed by atoms with E-state index in [4.69, 9.17) is 11.6 Å². The fraction of sp³-hybridized carbons (Fsp3) is 0.125. The number of nitrogens with zero attached hydrogens (tertiary/aromatic N) is 2.